The van der Waals surface area contributed by atoms with Crippen LogP contribution in [0.15, 0.2) is 24.3 Å². The van der Waals surface area contributed by atoms with E-state index < -0.39 is 0 Å². The van der Waals surface area contributed by atoms with Gasteiger partial charge in [-0.25, -0.2) is 4.79 Å². The highest BCUT2D eigenvalue weighted by Crippen LogP contribution is 2.24. The zero-order valence-electron chi connectivity index (χ0n) is 15.6. The Kier molecular flexibility index (Phi) is 6.58. The number of likely N-dealkylation sites (N-methyl/N-ethyl adjacent to an activating group) is 1. The molecule has 1 aromatic carbocycles. The van der Waals surface area contributed by atoms with Gasteiger partial charge >= 0.3 is 6.03 Å². The van der Waals surface area contributed by atoms with E-state index in [1.165, 1.54) is 5.56 Å². The number of urea groups is 1. The molecule has 1 saturated heterocycles. The van der Waals surface area contributed by atoms with E-state index in [0.29, 0.717) is 0 Å². The molecular weight excluding hydrogens is 318 g/mol. The third-order valence-corrected chi connectivity index (χ3v) is 5.48. The van der Waals surface area contributed by atoms with Gasteiger partial charge in [0.05, 0.1) is 6.04 Å². The number of carbonyl (C=O) groups excluding carboxylic acids is 1. The van der Waals surface area contributed by atoms with Crippen LogP contribution in [0, 0.1) is 0 Å². The van der Waals surface area contributed by atoms with E-state index in [9.17, 15) is 4.79 Å². The van der Waals surface area contributed by atoms with Crippen LogP contribution >= 0.6 is 11.8 Å². The fourth-order valence-electron chi connectivity index (χ4n) is 2.92. The molecule has 1 atom stereocenters. The number of anilines is 1. The van der Waals surface area contributed by atoms with Gasteiger partial charge in [-0.3, -0.25) is 0 Å². The first-order valence-corrected chi connectivity index (χ1v) is 9.83. The maximum absolute atomic E-state index is 12.8. The first-order valence-electron chi connectivity index (χ1n) is 8.68. The van der Waals surface area contributed by atoms with E-state index >= 15 is 0 Å². The number of nitrogens with one attached hydrogen (secondary N) is 1. The molecule has 134 valence electrons. The number of hydrogen-bond acceptors (Lipinski definition) is 3. The molecule has 0 unspecified atom stereocenters. The van der Waals surface area contributed by atoms with Gasteiger partial charge in [0.1, 0.15) is 0 Å². The fraction of sp³-hybridized carbons (Fsp3) is 0.632. The lowest BCUT2D eigenvalue weighted by Gasteiger charge is -2.31. The molecule has 0 bridgehead atoms. The van der Waals surface area contributed by atoms with E-state index in [0.717, 1.165) is 36.7 Å². The lowest BCUT2D eigenvalue weighted by Crippen LogP contribution is -2.48. The summed E-state index contributed by atoms with van der Waals surface area (Å²) >= 11 is 1.95. The third kappa shape index (κ3) is 5.42. The van der Waals surface area contributed by atoms with Gasteiger partial charge in [0.2, 0.25) is 0 Å². The van der Waals surface area contributed by atoms with E-state index in [-0.39, 0.29) is 17.5 Å². The number of benzene rings is 1. The smallest absolute Gasteiger partial charge is 0.319 e. The molecule has 0 saturated carbocycles. The molecule has 0 aliphatic carbocycles. The predicted molar refractivity (Wildman–Crippen MR) is 105 cm³/mol. The summed E-state index contributed by atoms with van der Waals surface area (Å²) in [6.07, 6.45) is 1.06. The molecule has 0 radical (unpaired) electrons. The summed E-state index contributed by atoms with van der Waals surface area (Å²) in [5.74, 6) is 2.14. The van der Waals surface area contributed by atoms with Gasteiger partial charge in [0.25, 0.3) is 0 Å². The van der Waals surface area contributed by atoms with Gasteiger partial charge in [0, 0.05) is 24.5 Å². The van der Waals surface area contributed by atoms with Crippen LogP contribution in [0.4, 0.5) is 10.5 Å². The lowest BCUT2D eigenvalue weighted by atomic mass is 9.87. The average molecular weight is 350 g/mol. The van der Waals surface area contributed by atoms with Crippen molar-refractivity contribution in [2.24, 2.45) is 0 Å². The molecule has 2 amide bonds. The molecule has 0 spiro atoms. The van der Waals surface area contributed by atoms with Crippen LogP contribution in [0.1, 0.15) is 32.8 Å². The van der Waals surface area contributed by atoms with E-state index in [1.54, 1.807) is 0 Å². The Morgan fingerprint density at radius 1 is 1.29 bits per heavy atom. The van der Waals surface area contributed by atoms with Crippen molar-refractivity contribution < 1.29 is 4.79 Å². The van der Waals surface area contributed by atoms with Crippen molar-refractivity contribution >= 4 is 23.5 Å². The van der Waals surface area contributed by atoms with Crippen LogP contribution in [0.2, 0.25) is 0 Å². The second kappa shape index (κ2) is 8.26. The Morgan fingerprint density at radius 3 is 2.54 bits per heavy atom. The van der Waals surface area contributed by atoms with Crippen molar-refractivity contribution in [2.45, 2.75) is 38.6 Å². The first-order chi connectivity index (χ1) is 11.3. The first kappa shape index (κ1) is 19.1. The van der Waals surface area contributed by atoms with Crippen molar-refractivity contribution in [3.8, 4) is 0 Å². The van der Waals surface area contributed by atoms with Gasteiger partial charge in [-0.05, 0) is 49.4 Å². The number of nitrogens with zero attached hydrogens (tertiary/aromatic N) is 2. The van der Waals surface area contributed by atoms with Gasteiger partial charge in [-0.1, -0.05) is 32.9 Å². The van der Waals surface area contributed by atoms with Crippen LogP contribution in [0.5, 0.6) is 0 Å². The SMILES string of the molecule is CN(C)C[C@@H]1CSCCCN1C(=O)Nc1ccc(C(C)(C)C)cc1. The van der Waals surface area contributed by atoms with Crippen LogP contribution in [-0.2, 0) is 5.41 Å². The molecular formula is C19H31N3OS. The Bertz CT molecular complexity index is 537. The van der Waals surface area contributed by atoms with Crippen molar-refractivity contribution in [3.05, 3.63) is 29.8 Å². The highest BCUT2D eigenvalue weighted by molar-refractivity contribution is 7.99. The minimum Gasteiger partial charge on any atom is -0.319 e. The van der Waals surface area contributed by atoms with Crippen molar-refractivity contribution in [3.63, 3.8) is 0 Å². The summed E-state index contributed by atoms with van der Waals surface area (Å²) in [5.41, 5.74) is 2.27. The second-order valence-electron chi connectivity index (χ2n) is 7.80. The number of amides is 2. The summed E-state index contributed by atoms with van der Waals surface area (Å²) in [5, 5.41) is 3.08. The monoisotopic (exact) mass is 349 g/mol. The molecule has 0 aromatic heterocycles. The molecule has 2 rings (SSSR count). The molecule has 1 fully saturated rings. The zero-order valence-corrected chi connectivity index (χ0v) is 16.4. The molecule has 24 heavy (non-hydrogen) atoms. The largest absolute Gasteiger partial charge is 0.322 e. The van der Waals surface area contributed by atoms with Gasteiger partial charge in [-0.15, -0.1) is 0 Å². The minimum atomic E-state index is 0.0212. The standard InChI is InChI=1S/C19H31N3OS/c1-19(2,3)15-7-9-16(10-8-15)20-18(23)22-11-6-12-24-14-17(22)13-21(4)5/h7-10,17H,6,11-14H2,1-5H3,(H,20,23)/t17-/m1/s1. The number of carbonyl (C=O) groups is 1. The lowest BCUT2D eigenvalue weighted by molar-refractivity contribution is 0.180. The van der Waals surface area contributed by atoms with Crippen molar-refractivity contribution in [1.82, 2.24) is 9.80 Å². The fourth-order valence-corrected chi connectivity index (χ4v) is 3.98. The zero-order chi connectivity index (χ0) is 17.7. The van der Waals surface area contributed by atoms with Crippen molar-refractivity contribution in [2.75, 3.05) is 44.0 Å². The maximum Gasteiger partial charge on any atom is 0.322 e. The summed E-state index contributed by atoms with van der Waals surface area (Å²) < 4.78 is 0. The number of hydrogen-bond donors (Lipinski definition) is 1. The third-order valence-electron chi connectivity index (χ3n) is 4.28. The topological polar surface area (TPSA) is 35.6 Å². The highest BCUT2D eigenvalue weighted by atomic mass is 32.2. The summed E-state index contributed by atoms with van der Waals surface area (Å²) in [6, 6.07) is 8.50. The Morgan fingerprint density at radius 2 is 1.96 bits per heavy atom. The summed E-state index contributed by atoms with van der Waals surface area (Å²) in [7, 11) is 4.13. The highest BCUT2D eigenvalue weighted by Gasteiger charge is 2.26. The Labute approximate surface area is 151 Å². The summed E-state index contributed by atoms with van der Waals surface area (Å²) in [6.45, 7) is 8.32. The van der Waals surface area contributed by atoms with Crippen LogP contribution in [-0.4, -0.2) is 60.6 Å². The van der Waals surface area contributed by atoms with Gasteiger partial charge in [0.15, 0.2) is 0 Å². The minimum absolute atomic E-state index is 0.0212. The molecule has 5 heteroatoms. The van der Waals surface area contributed by atoms with Crippen molar-refractivity contribution in [1.29, 1.82) is 0 Å². The van der Waals surface area contributed by atoms with E-state index in [1.807, 2.05) is 28.8 Å². The van der Waals surface area contributed by atoms with Crippen LogP contribution in [0.25, 0.3) is 0 Å². The molecule has 1 N–H and O–H groups in total. The van der Waals surface area contributed by atoms with Crippen LogP contribution < -0.4 is 5.32 Å². The second-order valence-corrected chi connectivity index (χ2v) is 8.95. The average Bonchev–Trinajstić information content (AvgIpc) is 2.71. The molecule has 1 heterocycles. The number of rotatable bonds is 3. The predicted octanol–water partition coefficient (Wildman–Crippen LogP) is 3.89. The molecule has 4 nitrogen and oxygen atoms in total. The van der Waals surface area contributed by atoms with Crippen LogP contribution in [0.3, 0.4) is 0 Å². The van der Waals surface area contributed by atoms with Gasteiger partial charge in [-0.2, -0.15) is 11.8 Å². The van der Waals surface area contributed by atoms with E-state index in [4.69, 9.17) is 0 Å². The van der Waals surface area contributed by atoms with E-state index in [2.05, 4.69) is 57.2 Å². The normalized spacial score (nSPS) is 19.2. The molecule has 1 aromatic rings. The Hall–Kier alpha value is -1.20. The molecule has 1 aliphatic heterocycles. The maximum atomic E-state index is 12.8. The Balaban J connectivity index is 2.05. The summed E-state index contributed by atoms with van der Waals surface area (Å²) in [4.78, 5) is 17.0. The molecule has 1 aliphatic rings. The van der Waals surface area contributed by atoms with Gasteiger partial charge < -0.3 is 15.1 Å². The quantitative estimate of drug-likeness (QED) is 0.899. The number of thioether (sulfide) groups is 1.